The number of amides is 3. The standard InChI is InChI=1S/C25H23BrN2O5/c1-14-4-3-5-19-22(14)24(31)28(23(19)30)18-9-6-16(7-10-18)25(32)33-13-21(29)27-20-11-8-17(26)12-15(20)2/h3-4,6-12,14,19,22H,5,13H2,1-2H3,(H,27,29)/t14-,19-,22-/m1/s1. The van der Waals surface area contributed by atoms with Gasteiger partial charge in [0.05, 0.1) is 23.1 Å². The van der Waals surface area contributed by atoms with E-state index < -0.39 is 18.5 Å². The molecule has 4 rings (SSSR count). The summed E-state index contributed by atoms with van der Waals surface area (Å²) in [6, 6.07) is 11.5. The van der Waals surface area contributed by atoms with Crippen LogP contribution in [0.2, 0.25) is 0 Å². The number of carbonyl (C=O) groups excluding carboxylic acids is 4. The molecule has 3 amide bonds. The van der Waals surface area contributed by atoms with E-state index in [9.17, 15) is 19.2 Å². The molecule has 2 aromatic rings. The summed E-state index contributed by atoms with van der Waals surface area (Å²) in [6.45, 7) is 3.36. The third-order valence-electron chi connectivity index (χ3n) is 6.03. The highest BCUT2D eigenvalue weighted by Crippen LogP contribution is 2.40. The van der Waals surface area contributed by atoms with Crippen LogP contribution in [-0.2, 0) is 19.1 Å². The molecule has 2 aliphatic rings. The molecule has 0 aromatic heterocycles. The lowest BCUT2D eigenvalue weighted by Gasteiger charge is -2.22. The minimum absolute atomic E-state index is 0.00629. The first-order valence-corrected chi connectivity index (χ1v) is 11.4. The fourth-order valence-electron chi connectivity index (χ4n) is 4.32. The second-order valence-electron chi connectivity index (χ2n) is 8.30. The van der Waals surface area contributed by atoms with Gasteiger partial charge < -0.3 is 10.1 Å². The number of benzene rings is 2. The van der Waals surface area contributed by atoms with Gasteiger partial charge in [0.2, 0.25) is 11.8 Å². The largest absolute Gasteiger partial charge is 0.452 e. The highest BCUT2D eigenvalue weighted by molar-refractivity contribution is 9.10. The van der Waals surface area contributed by atoms with E-state index in [1.54, 1.807) is 24.3 Å². The van der Waals surface area contributed by atoms with Gasteiger partial charge in [0.25, 0.3) is 5.91 Å². The number of allylic oxidation sites excluding steroid dienone is 2. The minimum Gasteiger partial charge on any atom is -0.452 e. The van der Waals surface area contributed by atoms with Crippen molar-refractivity contribution in [3.63, 3.8) is 0 Å². The molecule has 1 saturated heterocycles. The van der Waals surface area contributed by atoms with Crippen molar-refractivity contribution in [1.29, 1.82) is 0 Å². The fourth-order valence-corrected chi connectivity index (χ4v) is 4.79. The number of fused-ring (bicyclic) bond motifs is 1. The van der Waals surface area contributed by atoms with Crippen LogP contribution >= 0.6 is 15.9 Å². The molecule has 170 valence electrons. The van der Waals surface area contributed by atoms with Crippen molar-refractivity contribution < 1.29 is 23.9 Å². The van der Waals surface area contributed by atoms with Gasteiger partial charge in [-0.3, -0.25) is 19.3 Å². The number of ether oxygens (including phenoxy) is 1. The van der Waals surface area contributed by atoms with Crippen LogP contribution in [0.1, 0.15) is 29.3 Å². The van der Waals surface area contributed by atoms with E-state index >= 15 is 0 Å². The molecule has 0 saturated carbocycles. The Bertz CT molecular complexity index is 1160. The number of anilines is 2. The highest BCUT2D eigenvalue weighted by Gasteiger charge is 2.50. The van der Waals surface area contributed by atoms with E-state index in [0.29, 0.717) is 17.8 Å². The van der Waals surface area contributed by atoms with Gasteiger partial charge in [-0.25, -0.2) is 4.79 Å². The number of hydrogen-bond donors (Lipinski definition) is 1. The van der Waals surface area contributed by atoms with Crippen LogP contribution in [0, 0.1) is 24.7 Å². The maximum atomic E-state index is 12.9. The van der Waals surface area contributed by atoms with Gasteiger partial charge >= 0.3 is 5.97 Å². The summed E-state index contributed by atoms with van der Waals surface area (Å²) in [5.41, 5.74) is 2.15. The molecule has 1 fully saturated rings. The van der Waals surface area contributed by atoms with Crippen LogP contribution in [0.15, 0.2) is 59.1 Å². The molecule has 0 unspecified atom stereocenters. The number of hydrogen-bond acceptors (Lipinski definition) is 5. The van der Waals surface area contributed by atoms with E-state index in [0.717, 1.165) is 10.0 Å². The van der Waals surface area contributed by atoms with E-state index in [-0.39, 0.29) is 35.1 Å². The summed E-state index contributed by atoms with van der Waals surface area (Å²) in [7, 11) is 0. The molecule has 1 aliphatic heterocycles. The Labute approximate surface area is 199 Å². The fraction of sp³-hybridized carbons (Fsp3) is 0.280. The van der Waals surface area contributed by atoms with Crippen LogP contribution in [0.25, 0.3) is 0 Å². The SMILES string of the molecule is Cc1cc(Br)ccc1NC(=O)COC(=O)c1ccc(N2C(=O)[C@@H]3[C@H](C)C=CC[C@H]3C2=O)cc1. The second kappa shape index (κ2) is 9.31. The quantitative estimate of drug-likeness (QED) is 0.368. The van der Waals surface area contributed by atoms with Crippen LogP contribution in [0.3, 0.4) is 0 Å². The van der Waals surface area contributed by atoms with Crippen molar-refractivity contribution in [3.8, 4) is 0 Å². The molecule has 0 spiro atoms. The molecule has 33 heavy (non-hydrogen) atoms. The number of imide groups is 1. The van der Waals surface area contributed by atoms with Crippen LogP contribution < -0.4 is 10.2 Å². The number of esters is 1. The smallest absolute Gasteiger partial charge is 0.338 e. The number of nitrogens with zero attached hydrogens (tertiary/aromatic N) is 1. The zero-order valence-electron chi connectivity index (χ0n) is 18.2. The Kier molecular flexibility index (Phi) is 6.47. The number of carbonyl (C=O) groups is 4. The maximum Gasteiger partial charge on any atom is 0.338 e. The Morgan fingerprint density at radius 3 is 2.52 bits per heavy atom. The van der Waals surface area contributed by atoms with Gasteiger partial charge in [-0.1, -0.05) is 35.0 Å². The molecule has 3 atom stereocenters. The maximum absolute atomic E-state index is 12.9. The number of rotatable bonds is 5. The summed E-state index contributed by atoms with van der Waals surface area (Å²) >= 11 is 3.36. The molecule has 2 aromatic carbocycles. The lowest BCUT2D eigenvalue weighted by atomic mass is 9.78. The first kappa shape index (κ1) is 22.9. The molecule has 0 bridgehead atoms. The van der Waals surface area contributed by atoms with Crippen molar-refractivity contribution in [2.45, 2.75) is 20.3 Å². The summed E-state index contributed by atoms with van der Waals surface area (Å²) in [5.74, 6) is -2.23. The number of aryl methyl sites for hydroxylation is 1. The van der Waals surface area contributed by atoms with Crippen molar-refractivity contribution in [2.75, 3.05) is 16.8 Å². The predicted octanol–water partition coefficient (Wildman–Crippen LogP) is 4.25. The molecule has 7 nitrogen and oxygen atoms in total. The summed E-state index contributed by atoms with van der Waals surface area (Å²) in [5, 5.41) is 2.70. The number of halogens is 1. The molecule has 0 radical (unpaired) electrons. The molecular weight excluding hydrogens is 488 g/mol. The molecule has 1 aliphatic carbocycles. The van der Waals surface area contributed by atoms with Crippen molar-refractivity contribution in [1.82, 2.24) is 0 Å². The van der Waals surface area contributed by atoms with E-state index in [2.05, 4.69) is 21.2 Å². The number of nitrogens with one attached hydrogen (secondary N) is 1. The molecule has 8 heteroatoms. The average Bonchev–Trinajstić information content (AvgIpc) is 3.05. The zero-order valence-corrected chi connectivity index (χ0v) is 19.8. The average molecular weight is 511 g/mol. The van der Waals surface area contributed by atoms with Crippen LogP contribution in [0.5, 0.6) is 0 Å². The summed E-state index contributed by atoms with van der Waals surface area (Å²) < 4.78 is 6.01. The van der Waals surface area contributed by atoms with Gasteiger partial charge in [-0.05, 0) is 67.3 Å². The topological polar surface area (TPSA) is 92.8 Å². The molecule has 1 N–H and O–H groups in total. The highest BCUT2D eigenvalue weighted by atomic mass is 79.9. The summed E-state index contributed by atoms with van der Waals surface area (Å²) in [6.07, 6.45) is 4.49. The van der Waals surface area contributed by atoms with Crippen molar-refractivity contribution >= 4 is 51.0 Å². The van der Waals surface area contributed by atoms with Gasteiger partial charge in [0, 0.05) is 10.2 Å². The Balaban J connectivity index is 1.37. The van der Waals surface area contributed by atoms with Gasteiger partial charge in [0.15, 0.2) is 6.61 Å². The van der Waals surface area contributed by atoms with Gasteiger partial charge in [-0.2, -0.15) is 0 Å². The molecular formula is C25H23BrN2O5. The Hall–Kier alpha value is -3.26. The van der Waals surface area contributed by atoms with Crippen LogP contribution in [0.4, 0.5) is 11.4 Å². The lowest BCUT2D eigenvalue weighted by molar-refractivity contribution is -0.123. The third kappa shape index (κ3) is 4.61. The normalized spacial score (nSPS) is 21.7. The lowest BCUT2D eigenvalue weighted by Crippen LogP contribution is -2.31. The van der Waals surface area contributed by atoms with E-state index in [1.807, 2.05) is 32.1 Å². The van der Waals surface area contributed by atoms with Gasteiger partial charge in [-0.15, -0.1) is 0 Å². The monoisotopic (exact) mass is 510 g/mol. The van der Waals surface area contributed by atoms with E-state index in [4.69, 9.17) is 4.74 Å². The van der Waals surface area contributed by atoms with Gasteiger partial charge in [0.1, 0.15) is 0 Å². The van der Waals surface area contributed by atoms with Crippen molar-refractivity contribution in [3.05, 3.63) is 70.2 Å². The van der Waals surface area contributed by atoms with E-state index in [1.165, 1.54) is 17.0 Å². The predicted molar refractivity (Wildman–Crippen MR) is 127 cm³/mol. The first-order valence-electron chi connectivity index (χ1n) is 10.6. The Morgan fingerprint density at radius 2 is 1.85 bits per heavy atom. The van der Waals surface area contributed by atoms with Crippen molar-refractivity contribution in [2.24, 2.45) is 17.8 Å². The minimum atomic E-state index is -0.671. The Morgan fingerprint density at radius 1 is 1.12 bits per heavy atom. The third-order valence-corrected chi connectivity index (χ3v) is 6.52. The second-order valence-corrected chi connectivity index (χ2v) is 9.21. The molecule has 1 heterocycles. The summed E-state index contributed by atoms with van der Waals surface area (Å²) in [4.78, 5) is 51.4. The first-order chi connectivity index (χ1) is 15.8. The zero-order chi connectivity index (χ0) is 23.7. The van der Waals surface area contributed by atoms with Crippen LogP contribution in [-0.4, -0.2) is 30.3 Å².